The van der Waals surface area contributed by atoms with Crippen LogP contribution in [0.1, 0.15) is 21.5 Å². The number of aliphatic hydroxyl groups excluding tert-OH is 1. The molecule has 1 aromatic carbocycles. The molecule has 106 valence electrons. The number of rotatable bonds is 2. The van der Waals surface area contributed by atoms with Gasteiger partial charge in [-0.2, -0.15) is 0 Å². The van der Waals surface area contributed by atoms with Crippen LogP contribution < -0.4 is 5.32 Å². The summed E-state index contributed by atoms with van der Waals surface area (Å²) in [5, 5.41) is 11.3. The molecule has 5 heteroatoms. The number of benzene rings is 1. The largest absolute Gasteiger partial charge is 0.384 e. The van der Waals surface area contributed by atoms with Gasteiger partial charge in [0.05, 0.1) is 0 Å². The quantitative estimate of drug-likeness (QED) is 0.830. The average Bonchev–Trinajstić information content (AvgIpc) is 2.48. The van der Waals surface area contributed by atoms with Crippen molar-refractivity contribution >= 4 is 11.7 Å². The standard InChI is InChI=1S/C16H13FN2O2/c1-11-9-13(4-5-14(11)17)16(21)19-15-10-12(3-2-8-20)6-7-18-15/h4-7,9-10,20H,8H2,1H3,(H,18,19,21). The van der Waals surface area contributed by atoms with Crippen molar-refractivity contribution in [2.75, 3.05) is 11.9 Å². The molecule has 0 aliphatic heterocycles. The first-order valence-corrected chi connectivity index (χ1v) is 6.23. The lowest BCUT2D eigenvalue weighted by atomic mass is 10.1. The number of carbonyl (C=O) groups is 1. The molecule has 0 fully saturated rings. The lowest BCUT2D eigenvalue weighted by Crippen LogP contribution is -2.13. The molecule has 0 atom stereocenters. The lowest BCUT2D eigenvalue weighted by molar-refractivity contribution is 0.102. The molecular formula is C16H13FN2O2. The minimum Gasteiger partial charge on any atom is -0.384 e. The summed E-state index contributed by atoms with van der Waals surface area (Å²) in [6, 6.07) is 7.39. The van der Waals surface area contributed by atoms with Gasteiger partial charge in [-0.05, 0) is 42.8 Å². The normalized spacial score (nSPS) is 9.67. The second-order valence-corrected chi connectivity index (χ2v) is 4.31. The van der Waals surface area contributed by atoms with Crippen LogP contribution in [0.3, 0.4) is 0 Å². The molecule has 0 saturated carbocycles. The van der Waals surface area contributed by atoms with E-state index in [2.05, 4.69) is 22.1 Å². The molecule has 0 bridgehead atoms. The van der Waals surface area contributed by atoms with Crippen LogP contribution in [0.2, 0.25) is 0 Å². The van der Waals surface area contributed by atoms with Crippen LogP contribution in [0.5, 0.6) is 0 Å². The van der Waals surface area contributed by atoms with Gasteiger partial charge in [-0.15, -0.1) is 0 Å². The van der Waals surface area contributed by atoms with Crippen molar-refractivity contribution in [1.82, 2.24) is 4.98 Å². The third-order valence-electron chi connectivity index (χ3n) is 2.73. The van der Waals surface area contributed by atoms with E-state index in [-0.39, 0.29) is 18.3 Å². The minimum absolute atomic E-state index is 0.237. The summed E-state index contributed by atoms with van der Waals surface area (Å²) in [5.41, 5.74) is 1.38. The maximum absolute atomic E-state index is 13.2. The zero-order valence-corrected chi connectivity index (χ0v) is 11.4. The smallest absolute Gasteiger partial charge is 0.256 e. The van der Waals surface area contributed by atoms with Gasteiger partial charge < -0.3 is 10.4 Å². The van der Waals surface area contributed by atoms with Crippen LogP contribution in [-0.4, -0.2) is 22.6 Å². The van der Waals surface area contributed by atoms with Crippen molar-refractivity contribution in [2.24, 2.45) is 0 Å². The van der Waals surface area contributed by atoms with Gasteiger partial charge in [-0.1, -0.05) is 11.8 Å². The molecule has 0 saturated heterocycles. The topological polar surface area (TPSA) is 62.2 Å². The number of pyridine rings is 1. The second-order valence-electron chi connectivity index (χ2n) is 4.31. The molecule has 2 aromatic rings. The molecule has 0 aliphatic carbocycles. The highest BCUT2D eigenvalue weighted by molar-refractivity contribution is 6.03. The third-order valence-corrected chi connectivity index (χ3v) is 2.73. The number of hydrogen-bond acceptors (Lipinski definition) is 3. The van der Waals surface area contributed by atoms with Gasteiger partial charge in [0, 0.05) is 17.3 Å². The Morgan fingerprint density at radius 3 is 2.90 bits per heavy atom. The number of carbonyl (C=O) groups excluding carboxylic acids is 1. The Hall–Kier alpha value is -2.71. The van der Waals surface area contributed by atoms with Crippen LogP contribution in [0.25, 0.3) is 0 Å². The van der Waals surface area contributed by atoms with Crippen LogP contribution in [0.15, 0.2) is 36.5 Å². The van der Waals surface area contributed by atoms with Crippen molar-refractivity contribution in [2.45, 2.75) is 6.92 Å². The SMILES string of the molecule is Cc1cc(C(=O)Nc2cc(C#CCO)ccn2)ccc1F. The molecule has 0 radical (unpaired) electrons. The van der Waals surface area contributed by atoms with Crippen molar-refractivity contribution in [3.8, 4) is 11.8 Å². The highest BCUT2D eigenvalue weighted by Gasteiger charge is 2.09. The molecule has 0 aliphatic rings. The van der Waals surface area contributed by atoms with Gasteiger partial charge in [0.25, 0.3) is 5.91 Å². The first-order valence-electron chi connectivity index (χ1n) is 6.23. The Labute approximate surface area is 121 Å². The zero-order chi connectivity index (χ0) is 15.2. The van der Waals surface area contributed by atoms with Gasteiger partial charge in [-0.25, -0.2) is 9.37 Å². The number of amides is 1. The number of hydrogen-bond donors (Lipinski definition) is 2. The van der Waals surface area contributed by atoms with Crippen LogP contribution in [0.4, 0.5) is 10.2 Å². The average molecular weight is 284 g/mol. The van der Waals surface area contributed by atoms with Gasteiger partial charge in [0.15, 0.2) is 0 Å². The Morgan fingerprint density at radius 1 is 1.38 bits per heavy atom. The molecule has 0 unspecified atom stereocenters. The molecular weight excluding hydrogens is 271 g/mol. The summed E-state index contributed by atoms with van der Waals surface area (Å²) >= 11 is 0. The predicted octanol–water partition coefficient (Wildman–Crippen LogP) is 2.13. The highest BCUT2D eigenvalue weighted by Crippen LogP contribution is 2.12. The molecule has 2 N–H and O–H groups in total. The monoisotopic (exact) mass is 284 g/mol. The molecule has 0 spiro atoms. The summed E-state index contributed by atoms with van der Waals surface area (Å²) in [6.07, 6.45) is 1.51. The second kappa shape index (κ2) is 6.64. The molecule has 2 rings (SSSR count). The van der Waals surface area contributed by atoms with Crippen LogP contribution >= 0.6 is 0 Å². The molecule has 21 heavy (non-hydrogen) atoms. The maximum atomic E-state index is 13.2. The number of aromatic nitrogens is 1. The predicted molar refractivity (Wildman–Crippen MR) is 77.3 cm³/mol. The minimum atomic E-state index is -0.377. The third kappa shape index (κ3) is 3.88. The van der Waals surface area contributed by atoms with Crippen LogP contribution in [0, 0.1) is 24.6 Å². The van der Waals surface area contributed by atoms with Gasteiger partial charge in [0.2, 0.25) is 0 Å². The zero-order valence-electron chi connectivity index (χ0n) is 11.4. The van der Waals surface area contributed by atoms with Gasteiger partial charge in [0.1, 0.15) is 18.2 Å². The first kappa shape index (κ1) is 14.7. The van der Waals surface area contributed by atoms with E-state index in [4.69, 9.17) is 5.11 Å². The number of anilines is 1. The van der Waals surface area contributed by atoms with E-state index in [0.717, 1.165) is 0 Å². The number of halogens is 1. The first-order chi connectivity index (χ1) is 10.1. The fourth-order valence-electron chi connectivity index (χ4n) is 1.69. The van der Waals surface area contributed by atoms with E-state index in [1.165, 1.54) is 24.4 Å². The van der Waals surface area contributed by atoms with Crippen molar-refractivity contribution in [1.29, 1.82) is 0 Å². The lowest BCUT2D eigenvalue weighted by Gasteiger charge is -2.06. The number of aryl methyl sites for hydroxylation is 1. The summed E-state index contributed by atoms with van der Waals surface area (Å²) in [5.74, 6) is 4.84. The maximum Gasteiger partial charge on any atom is 0.256 e. The molecule has 1 amide bonds. The number of nitrogens with zero attached hydrogens (tertiary/aromatic N) is 1. The fraction of sp³-hybridized carbons (Fsp3) is 0.125. The number of nitrogens with one attached hydrogen (secondary N) is 1. The molecule has 1 heterocycles. The van der Waals surface area contributed by atoms with E-state index in [1.807, 2.05) is 0 Å². The van der Waals surface area contributed by atoms with Crippen molar-refractivity contribution < 1.29 is 14.3 Å². The van der Waals surface area contributed by atoms with Crippen molar-refractivity contribution in [3.05, 3.63) is 59.0 Å². The Balaban J connectivity index is 2.17. The Bertz CT molecular complexity index is 733. The van der Waals surface area contributed by atoms with Crippen molar-refractivity contribution in [3.63, 3.8) is 0 Å². The van der Waals surface area contributed by atoms with E-state index in [9.17, 15) is 9.18 Å². The van der Waals surface area contributed by atoms with Gasteiger partial charge in [-0.3, -0.25) is 4.79 Å². The summed E-state index contributed by atoms with van der Waals surface area (Å²) in [7, 11) is 0. The van der Waals surface area contributed by atoms with Crippen LogP contribution in [-0.2, 0) is 0 Å². The molecule has 4 nitrogen and oxygen atoms in total. The number of aliphatic hydroxyl groups is 1. The van der Waals surface area contributed by atoms with E-state index in [1.54, 1.807) is 19.1 Å². The van der Waals surface area contributed by atoms with Gasteiger partial charge >= 0.3 is 0 Å². The Kier molecular flexibility index (Phi) is 4.64. The fourth-order valence-corrected chi connectivity index (χ4v) is 1.69. The Morgan fingerprint density at radius 2 is 2.19 bits per heavy atom. The summed E-state index contributed by atoms with van der Waals surface area (Å²) in [6.45, 7) is 1.36. The summed E-state index contributed by atoms with van der Waals surface area (Å²) < 4.78 is 13.2. The van der Waals surface area contributed by atoms with E-state index < -0.39 is 0 Å². The van der Waals surface area contributed by atoms with E-state index >= 15 is 0 Å². The summed E-state index contributed by atoms with van der Waals surface area (Å²) in [4.78, 5) is 16.1. The molecule has 1 aromatic heterocycles. The van der Waals surface area contributed by atoms with E-state index in [0.29, 0.717) is 22.5 Å². The highest BCUT2D eigenvalue weighted by atomic mass is 19.1.